The molecule has 0 aliphatic heterocycles. The van der Waals surface area contributed by atoms with E-state index in [4.69, 9.17) is 4.74 Å². The van der Waals surface area contributed by atoms with Gasteiger partial charge in [-0.1, -0.05) is 12.1 Å². The summed E-state index contributed by atoms with van der Waals surface area (Å²) in [5.74, 6) is 0.532. The molecule has 24 heavy (non-hydrogen) atoms. The van der Waals surface area contributed by atoms with Crippen molar-refractivity contribution in [3.63, 3.8) is 0 Å². The minimum atomic E-state index is -0.235. The van der Waals surface area contributed by atoms with E-state index in [2.05, 4.69) is 5.32 Å². The van der Waals surface area contributed by atoms with Crippen LogP contribution >= 0.6 is 0 Å². The van der Waals surface area contributed by atoms with Crippen molar-refractivity contribution >= 4 is 23.5 Å². The lowest BCUT2D eigenvalue weighted by Gasteiger charge is -2.09. The van der Waals surface area contributed by atoms with E-state index in [0.29, 0.717) is 11.3 Å². The number of benzene rings is 2. The summed E-state index contributed by atoms with van der Waals surface area (Å²) in [5, 5.41) is 2.76. The quantitative estimate of drug-likeness (QED) is 0.636. The maximum Gasteiger partial charge on any atom is 0.248 e. The van der Waals surface area contributed by atoms with Gasteiger partial charge in [-0.2, -0.15) is 0 Å². The monoisotopic (exact) mass is 323 g/mol. The van der Waals surface area contributed by atoms with Crippen LogP contribution in [0.25, 0.3) is 6.08 Å². The molecule has 0 bridgehead atoms. The molecule has 2 rings (SSSR count). The maximum atomic E-state index is 12.0. The number of anilines is 1. The van der Waals surface area contributed by atoms with Gasteiger partial charge in [0, 0.05) is 17.3 Å². The number of carbonyl (C=O) groups excluding carboxylic acids is 2. The minimum absolute atomic E-state index is 0.00345. The van der Waals surface area contributed by atoms with Crippen molar-refractivity contribution < 1.29 is 14.3 Å². The summed E-state index contributed by atoms with van der Waals surface area (Å²) < 4.78 is 5.63. The molecule has 0 aliphatic carbocycles. The molecule has 1 amide bonds. The van der Waals surface area contributed by atoms with Crippen LogP contribution in [0.4, 0.5) is 5.69 Å². The third-order valence-electron chi connectivity index (χ3n) is 3.22. The first-order valence-electron chi connectivity index (χ1n) is 7.81. The minimum Gasteiger partial charge on any atom is -0.491 e. The summed E-state index contributed by atoms with van der Waals surface area (Å²) >= 11 is 0. The average Bonchev–Trinajstić information content (AvgIpc) is 2.53. The van der Waals surface area contributed by atoms with Gasteiger partial charge in [0.05, 0.1) is 6.10 Å². The Morgan fingerprint density at radius 2 is 1.79 bits per heavy atom. The van der Waals surface area contributed by atoms with Crippen LogP contribution in [0, 0.1) is 0 Å². The molecule has 0 saturated heterocycles. The second-order valence-corrected chi connectivity index (χ2v) is 5.70. The SMILES string of the molecule is CC(=O)c1ccc(NC(=O)/C=C/c2cccc(OC(C)C)c2)cc1. The Kier molecular flexibility index (Phi) is 5.90. The van der Waals surface area contributed by atoms with E-state index < -0.39 is 0 Å². The third-order valence-corrected chi connectivity index (χ3v) is 3.22. The van der Waals surface area contributed by atoms with Gasteiger partial charge in [-0.3, -0.25) is 9.59 Å². The number of carbonyl (C=O) groups is 2. The Morgan fingerprint density at radius 1 is 1.08 bits per heavy atom. The number of hydrogen-bond donors (Lipinski definition) is 1. The lowest BCUT2D eigenvalue weighted by Crippen LogP contribution is -2.08. The summed E-state index contributed by atoms with van der Waals surface area (Å²) in [6.45, 7) is 5.44. The molecule has 0 saturated carbocycles. The molecule has 4 heteroatoms. The number of amides is 1. The smallest absolute Gasteiger partial charge is 0.248 e. The van der Waals surface area contributed by atoms with Crippen LogP contribution in [0.1, 0.15) is 36.7 Å². The summed E-state index contributed by atoms with van der Waals surface area (Å²) in [6.07, 6.45) is 3.30. The standard InChI is InChI=1S/C20H21NO3/c1-14(2)24-19-6-4-5-16(13-19)7-12-20(23)21-18-10-8-17(9-11-18)15(3)22/h4-14H,1-3H3,(H,21,23)/b12-7+. The molecule has 0 aromatic heterocycles. The van der Waals surface area contributed by atoms with E-state index in [1.807, 2.05) is 38.1 Å². The molecule has 0 atom stereocenters. The predicted molar refractivity (Wildman–Crippen MR) is 96.3 cm³/mol. The van der Waals surface area contributed by atoms with Crippen molar-refractivity contribution in [2.45, 2.75) is 26.9 Å². The lowest BCUT2D eigenvalue weighted by atomic mass is 10.1. The zero-order chi connectivity index (χ0) is 17.5. The van der Waals surface area contributed by atoms with Crippen LogP contribution in [0.2, 0.25) is 0 Å². The molecule has 0 radical (unpaired) electrons. The second-order valence-electron chi connectivity index (χ2n) is 5.70. The Labute approximate surface area is 142 Å². The van der Waals surface area contributed by atoms with Crippen molar-refractivity contribution in [3.05, 3.63) is 65.7 Å². The van der Waals surface area contributed by atoms with Gasteiger partial charge in [-0.25, -0.2) is 0 Å². The molecular weight excluding hydrogens is 302 g/mol. The number of rotatable bonds is 6. The highest BCUT2D eigenvalue weighted by Crippen LogP contribution is 2.16. The number of Topliss-reactive ketones (excluding diaryl/α,β-unsaturated/α-hetero) is 1. The van der Waals surface area contributed by atoms with Gasteiger partial charge in [-0.05, 0) is 68.8 Å². The van der Waals surface area contributed by atoms with Gasteiger partial charge in [0.1, 0.15) is 5.75 Å². The van der Waals surface area contributed by atoms with Crippen molar-refractivity contribution in [1.82, 2.24) is 0 Å². The fraction of sp³-hybridized carbons (Fsp3) is 0.200. The van der Waals surface area contributed by atoms with E-state index in [9.17, 15) is 9.59 Å². The molecule has 124 valence electrons. The molecule has 1 N–H and O–H groups in total. The van der Waals surface area contributed by atoms with E-state index in [-0.39, 0.29) is 17.8 Å². The summed E-state index contributed by atoms with van der Waals surface area (Å²) in [5.41, 5.74) is 2.15. The molecule has 4 nitrogen and oxygen atoms in total. The molecule has 2 aromatic carbocycles. The zero-order valence-corrected chi connectivity index (χ0v) is 14.1. The molecule has 2 aromatic rings. The molecule has 0 fully saturated rings. The largest absolute Gasteiger partial charge is 0.491 e. The lowest BCUT2D eigenvalue weighted by molar-refractivity contribution is -0.111. The van der Waals surface area contributed by atoms with Crippen molar-refractivity contribution in [3.8, 4) is 5.75 Å². The van der Waals surface area contributed by atoms with Crippen LogP contribution in [0.15, 0.2) is 54.6 Å². The van der Waals surface area contributed by atoms with Crippen molar-refractivity contribution in [2.75, 3.05) is 5.32 Å². The first kappa shape index (κ1) is 17.5. The highest BCUT2D eigenvalue weighted by atomic mass is 16.5. The normalized spacial score (nSPS) is 10.8. The van der Waals surface area contributed by atoms with E-state index in [1.165, 1.54) is 13.0 Å². The highest BCUT2D eigenvalue weighted by Gasteiger charge is 2.02. The van der Waals surface area contributed by atoms with Crippen LogP contribution in [0.3, 0.4) is 0 Å². The average molecular weight is 323 g/mol. The molecular formula is C20H21NO3. The van der Waals surface area contributed by atoms with Gasteiger partial charge < -0.3 is 10.1 Å². The summed E-state index contributed by atoms with van der Waals surface area (Å²) in [7, 11) is 0. The maximum absolute atomic E-state index is 12.0. The van der Waals surface area contributed by atoms with Crippen molar-refractivity contribution in [1.29, 1.82) is 0 Å². The van der Waals surface area contributed by atoms with Crippen LogP contribution in [-0.4, -0.2) is 17.8 Å². The highest BCUT2D eigenvalue weighted by molar-refractivity contribution is 6.02. The van der Waals surface area contributed by atoms with Gasteiger partial charge in [0.2, 0.25) is 5.91 Å². The van der Waals surface area contributed by atoms with Crippen molar-refractivity contribution in [2.24, 2.45) is 0 Å². The molecule has 0 aliphatic rings. The van der Waals surface area contributed by atoms with Gasteiger partial charge in [-0.15, -0.1) is 0 Å². The molecule has 0 unspecified atom stereocenters. The number of ether oxygens (including phenoxy) is 1. The Bertz CT molecular complexity index is 746. The first-order valence-corrected chi connectivity index (χ1v) is 7.81. The topological polar surface area (TPSA) is 55.4 Å². The second kappa shape index (κ2) is 8.11. The van der Waals surface area contributed by atoms with Crippen LogP contribution in [-0.2, 0) is 4.79 Å². The summed E-state index contributed by atoms with van der Waals surface area (Å²) in [6, 6.07) is 14.3. The number of ketones is 1. The zero-order valence-electron chi connectivity index (χ0n) is 14.1. The third kappa shape index (κ3) is 5.39. The molecule has 0 spiro atoms. The van der Waals surface area contributed by atoms with E-state index in [1.54, 1.807) is 30.3 Å². The van der Waals surface area contributed by atoms with E-state index >= 15 is 0 Å². The Balaban J connectivity index is 1.98. The molecule has 0 heterocycles. The van der Waals surface area contributed by atoms with Gasteiger partial charge >= 0.3 is 0 Å². The Hall–Kier alpha value is -2.88. The van der Waals surface area contributed by atoms with Crippen LogP contribution < -0.4 is 10.1 Å². The summed E-state index contributed by atoms with van der Waals surface area (Å²) in [4.78, 5) is 23.2. The number of hydrogen-bond acceptors (Lipinski definition) is 3. The fourth-order valence-corrected chi connectivity index (χ4v) is 2.11. The predicted octanol–water partition coefficient (Wildman–Crippen LogP) is 4.33. The Morgan fingerprint density at radius 3 is 2.42 bits per heavy atom. The fourth-order valence-electron chi connectivity index (χ4n) is 2.11. The van der Waals surface area contributed by atoms with Crippen LogP contribution in [0.5, 0.6) is 5.75 Å². The van der Waals surface area contributed by atoms with Gasteiger partial charge in [0.15, 0.2) is 5.78 Å². The van der Waals surface area contributed by atoms with Gasteiger partial charge in [0.25, 0.3) is 0 Å². The van der Waals surface area contributed by atoms with E-state index in [0.717, 1.165) is 11.3 Å². The number of nitrogens with one attached hydrogen (secondary N) is 1. The first-order chi connectivity index (χ1) is 11.4.